The summed E-state index contributed by atoms with van der Waals surface area (Å²) in [6.07, 6.45) is 7.75. The molecule has 3 aromatic rings. The molecule has 0 N–H and O–H groups in total. The zero-order chi connectivity index (χ0) is 21.4. The summed E-state index contributed by atoms with van der Waals surface area (Å²) < 4.78 is 3.45. The number of rotatable bonds is 4. The fourth-order valence-corrected chi connectivity index (χ4v) is 4.50. The van der Waals surface area contributed by atoms with Gasteiger partial charge >= 0.3 is 0 Å². The number of benzene rings is 1. The Morgan fingerprint density at radius 3 is 2.71 bits per heavy atom. The second kappa shape index (κ2) is 7.98. The van der Waals surface area contributed by atoms with E-state index in [1.807, 2.05) is 29.0 Å². The molecule has 4 heterocycles. The Bertz CT molecular complexity index is 1120. The van der Waals surface area contributed by atoms with E-state index in [9.17, 15) is 9.59 Å². The van der Waals surface area contributed by atoms with Crippen LogP contribution in [0.25, 0.3) is 0 Å². The Kier molecular flexibility index (Phi) is 5.01. The SMILES string of the molecule is Cn1cnc(C(=O)N2CCCC2Cn2cc(C(=O)N3CCc4ccccc4C3)nn2)c1. The van der Waals surface area contributed by atoms with Gasteiger partial charge in [0.1, 0.15) is 5.69 Å². The van der Waals surface area contributed by atoms with Crippen LogP contribution in [0.4, 0.5) is 0 Å². The summed E-state index contributed by atoms with van der Waals surface area (Å²) in [4.78, 5) is 33.6. The summed E-state index contributed by atoms with van der Waals surface area (Å²) in [5.74, 6) is -0.167. The summed E-state index contributed by atoms with van der Waals surface area (Å²) >= 11 is 0. The number of aryl methyl sites for hydroxylation is 1. The van der Waals surface area contributed by atoms with Gasteiger partial charge in [0.05, 0.1) is 25.1 Å². The number of likely N-dealkylation sites (tertiary alicyclic amines) is 1. The van der Waals surface area contributed by atoms with E-state index >= 15 is 0 Å². The van der Waals surface area contributed by atoms with Crippen molar-refractivity contribution in [2.24, 2.45) is 7.05 Å². The first-order chi connectivity index (χ1) is 15.1. The highest BCUT2D eigenvalue weighted by Gasteiger charge is 2.31. The van der Waals surface area contributed by atoms with Gasteiger partial charge in [0, 0.05) is 32.9 Å². The molecule has 2 amide bonds. The quantitative estimate of drug-likeness (QED) is 0.640. The molecule has 0 saturated carbocycles. The highest BCUT2D eigenvalue weighted by Crippen LogP contribution is 2.22. The monoisotopic (exact) mass is 419 g/mol. The van der Waals surface area contributed by atoms with Crippen LogP contribution in [-0.4, -0.2) is 65.3 Å². The predicted octanol–water partition coefficient (Wildman–Crippen LogP) is 1.51. The minimum Gasteiger partial charge on any atom is -0.340 e. The molecule has 1 atom stereocenters. The van der Waals surface area contributed by atoms with Gasteiger partial charge in [-0.05, 0) is 30.4 Å². The molecular formula is C22H25N7O2. The van der Waals surface area contributed by atoms with Gasteiger partial charge in [-0.15, -0.1) is 5.10 Å². The highest BCUT2D eigenvalue weighted by atomic mass is 16.2. The lowest BCUT2D eigenvalue weighted by Crippen LogP contribution is -2.38. The lowest BCUT2D eigenvalue weighted by atomic mass is 10.00. The lowest BCUT2D eigenvalue weighted by molar-refractivity contribution is 0.0710. The third kappa shape index (κ3) is 3.83. The molecule has 9 nitrogen and oxygen atoms in total. The Hall–Kier alpha value is -3.49. The van der Waals surface area contributed by atoms with Gasteiger partial charge in [0.15, 0.2) is 5.69 Å². The molecule has 2 aliphatic rings. The average molecular weight is 419 g/mol. The molecule has 1 saturated heterocycles. The second-order valence-electron chi connectivity index (χ2n) is 8.29. The van der Waals surface area contributed by atoms with Crippen molar-refractivity contribution in [2.75, 3.05) is 13.1 Å². The van der Waals surface area contributed by atoms with Crippen molar-refractivity contribution in [1.82, 2.24) is 34.3 Å². The number of hydrogen-bond donors (Lipinski definition) is 0. The molecule has 0 radical (unpaired) electrons. The van der Waals surface area contributed by atoms with Crippen LogP contribution < -0.4 is 0 Å². The van der Waals surface area contributed by atoms with Gasteiger partial charge in [-0.1, -0.05) is 29.5 Å². The van der Waals surface area contributed by atoms with E-state index in [0.29, 0.717) is 37.6 Å². The van der Waals surface area contributed by atoms with E-state index in [-0.39, 0.29) is 17.9 Å². The van der Waals surface area contributed by atoms with Gasteiger partial charge < -0.3 is 14.4 Å². The molecule has 2 aromatic heterocycles. The van der Waals surface area contributed by atoms with Gasteiger partial charge in [0.25, 0.3) is 11.8 Å². The molecule has 160 valence electrons. The maximum Gasteiger partial charge on any atom is 0.276 e. The molecule has 2 aliphatic heterocycles. The average Bonchev–Trinajstić information content (AvgIpc) is 3.54. The molecule has 1 aromatic carbocycles. The molecule has 0 bridgehead atoms. The Morgan fingerprint density at radius 2 is 1.90 bits per heavy atom. The Labute approximate surface area is 180 Å². The predicted molar refractivity (Wildman–Crippen MR) is 112 cm³/mol. The van der Waals surface area contributed by atoms with Crippen LogP contribution in [0.3, 0.4) is 0 Å². The number of imidazole rings is 1. The third-order valence-corrected chi connectivity index (χ3v) is 6.14. The van der Waals surface area contributed by atoms with Gasteiger partial charge in [-0.2, -0.15) is 0 Å². The fraction of sp³-hybridized carbons (Fsp3) is 0.409. The van der Waals surface area contributed by atoms with Crippen molar-refractivity contribution in [3.05, 3.63) is 65.5 Å². The molecule has 5 rings (SSSR count). The van der Waals surface area contributed by atoms with Crippen molar-refractivity contribution in [3.63, 3.8) is 0 Å². The third-order valence-electron chi connectivity index (χ3n) is 6.14. The first kappa shape index (κ1) is 19.5. The largest absolute Gasteiger partial charge is 0.340 e. The molecule has 1 unspecified atom stereocenters. The fourth-order valence-electron chi connectivity index (χ4n) is 4.50. The molecule has 31 heavy (non-hydrogen) atoms. The van der Waals surface area contributed by atoms with Crippen LogP contribution in [0.1, 0.15) is 44.9 Å². The summed E-state index contributed by atoms with van der Waals surface area (Å²) in [6.45, 7) is 2.49. The van der Waals surface area contributed by atoms with Crippen molar-refractivity contribution in [3.8, 4) is 0 Å². The standard InChI is InChI=1S/C22H25N7O2/c1-26-13-19(23-15-26)22(31)29-9-4-7-18(29)12-28-14-20(24-25-28)21(30)27-10-8-16-5-2-3-6-17(16)11-27/h2-3,5-6,13-15,18H,4,7-12H2,1H3. The number of nitrogens with zero attached hydrogens (tertiary/aromatic N) is 7. The smallest absolute Gasteiger partial charge is 0.276 e. The van der Waals surface area contributed by atoms with Crippen molar-refractivity contribution < 1.29 is 9.59 Å². The van der Waals surface area contributed by atoms with Gasteiger partial charge in [-0.25, -0.2) is 9.67 Å². The van der Waals surface area contributed by atoms with Gasteiger partial charge in [0.2, 0.25) is 0 Å². The number of aromatic nitrogens is 5. The first-order valence-corrected chi connectivity index (χ1v) is 10.6. The van der Waals surface area contributed by atoms with E-state index in [1.165, 1.54) is 11.1 Å². The van der Waals surface area contributed by atoms with Crippen LogP contribution in [0.15, 0.2) is 43.0 Å². The summed E-state index contributed by atoms with van der Waals surface area (Å²) in [5.41, 5.74) is 3.28. The zero-order valence-corrected chi connectivity index (χ0v) is 17.5. The topological polar surface area (TPSA) is 89.2 Å². The Balaban J connectivity index is 1.25. The van der Waals surface area contributed by atoms with E-state index in [4.69, 9.17) is 0 Å². The molecule has 0 aliphatic carbocycles. The van der Waals surface area contributed by atoms with Crippen LogP contribution in [0.5, 0.6) is 0 Å². The van der Waals surface area contributed by atoms with Crippen molar-refractivity contribution >= 4 is 11.8 Å². The van der Waals surface area contributed by atoms with Crippen molar-refractivity contribution in [1.29, 1.82) is 0 Å². The summed E-state index contributed by atoms with van der Waals surface area (Å²) in [6, 6.07) is 8.24. The maximum absolute atomic E-state index is 13.0. The van der Waals surface area contributed by atoms with E-state index in [1.54, 1.807) is 28.0 Å². The zero-order valence-electron chi connectivity index (χ0n) is 17.5. The lowest BCUT2D eigenvalue weighted by Gasteiger charge is -2.28. The first-order valence-electron chi connectivity index (χ1n) is 10.6. The normalized spacial score (nSPS) is 18.3. The van der Waals surface area contributed by atoms with E-state index in [0.717, 1.165) is 19.3 Å². The molecular weight excluding hydrogens is 394 g/mol. The Morgan fingerprint density at radius 1 is 1.06 bits per heavy atom. The summed E-state index contributed by atoms with van der Waals surface area (Å²) in [7, 11) is 1.85. The van der Waals surface area contributed by atoms with Crippen LogP contribution in [0, 0.1) is 0 Å². The number of amides is 2. The number of carbonyl (C=O) groups excluding carboxylic acids is 2. The van der Waals surface area contributed by atoms with E-state index < -0.39 is 0 Å². The van der Waals surface area contributed by atoms with Crippen molar-refractivity contribution in [2.45, 2.75) is 38.4 Å². The number of hydrogen-bond acceptors (Lipinski definition) is 5. The minimum atomic E-state index is -0.103. The highest BCUT2D eigenvalue weighted by molar-refractivity contribution is 5.93. The number of fused-ring (bicyclic) bond motifs is 1. The molecule has 0 spiro atoms. The molecule has 9 heteroatoms. The molecule has 1 fully saturated rings. The number of carbonyl (C=O) groups is 2. The van der Waals surface area contributed by atoms with E-state index in [2.05, 4.69) is 27.4 Å². The minimum absolute atomic E-state index is 0.0148. The van der Waals surface area contributed by atoms with Gasteiger partial charge in [-0.3, -0.25) is 9.59 Å². The van der Waals surface area contributed by atoms with Crippen LogP contribution in [-0.2, 0) is 26.6 Å². The summed E-state index contributed by atoms with van der Waals surface area (Å²) in [5, 5.41) is 8.30. The second-order valence-corrected chi connectivity index (χ2v) is 8.29. The maximum atomic E-state index is 13.0. The van der Waals surface area contributed by atoms with Crippen LogP contribution >= 0.6 is 0 Å². The van der Waals surface area contributed by atoms with Crippen LogP contribution in [0.2, 0.25) is 0 Å².